The fourth-order valence-corrected chi connectivity index (χ4v) is 14.8. The summed E-state index contributed by atoms with van der Waals surface area (Å²) in [6, 6.07) is 25.8. The van der Waals surface area contributed by atoms with Gasteiger partial charge in [0, 0.05) is 23.4 Å². The van der Waals surface area contributed by atoms with Crippen molar-refractivity contribution in [3.63, 3.8) is 0 Å². The van der Waals surface area contributed by atoms with Crippen LogP contribution < -0.4 is 0 Å². The average Bonchev–Trinajstić information content (AvgIpc) is 3.86. The lowest BCUT2D eigenvalue weighted by Gasteiger charge is -2.39. The van der Waals surface area contributed by atoms with Gasteiger partial charge in [-0.1, -0.05) is 232 Å². The third-order valence-electron chi connectivity index (χ3n) is 16.9. The van der Waals surface area contributed by atoms with Crippen molar-refractivity contribution in [2.24, 2.45) is 0 Å². The van der Waals surface area contributed by atoms with E-state index in [0.717, 1.165) is 0 Å². The molecule has 0 bridgehead atoms. The minimum Gasteiger partial charge on any atom is -0.0654 e. The lowest BCUT2D eigenvalue weighted by Crippen LogP contribution is -2.31. The van der Waals surface area contributed by atoms with Crippen LogP contribution in [-0.2, 0) is 16.2 Å². The zero-order valence-corrected chi connectivity index (χ0v) is 46.6. The first-order valence-corrected chi connectivity index (χ1v) is 30.0. The predicted octanol–water partition coefficient (Wildman–Crippen LogP) is 21.5. The predicted molar refractivity (Wildman–Crippen MR) is 303 cm³/mol. The number of unbranched alkanes of at least 4 members (excludes halogenated alkanes) is 18. The molecule has 0 fully saturated rings. The molecule has 65 heavy (non-hydrogen) atoms. The third kappa shape index (κ3) is 10.2. The molecule has 0 saturated carbocycles. The van der Waals surface area contributed by atoms with Crippen molar-refractivity contribution in [3.8, 4) is 33.4 Å². The van der Waals surface area contributed by atoms with Crippen molar-refractivity contribution >= 4 is 45.2 Å². The molecule has 0 amide bonds. The maximum absolute atomic E-state index is 2.72. The van der Waals surface area contributed by atoms with Crippen LogP contribution in [0, 0.1) is 7.14 Å². The van der Waals surface area contributed by atoms with E-state index in [2.05, 4.69) is 147 Å². The zero-order valence-electron chi connectivity index (χ0n) is 42.2. The lowest BCUT2D eigenvalue weighted by molar-refractivity contribution is 0.389. The van der Waals surface area contributed by atoms with Gasteiger partial charge in [0.05, 0.1) is 0 Å². The number of hydrogen-bond acceptors (Lipinski definition) is 0. The van der Waals surface area contributed by atoms with Gasteiger partial charge in [-0.15, -0.1) is 0 Å². The average molecular weight is 1100 g/mol. The fraction of sp³-hybridized carbons (Fsp3) is 0.619. The van der Waals surface area contributed by atoms with Crippen LogP contribution in [0.5, 0.6) is 0 Å². The molecule has 0 unspecified atom stereocenters. The molecule has 3 aliphatic carbocycles. The molecule has 354 valence electrons. The normalized spacial score (nSPS) is 15.4. The van der Waals surface area contributed by atoms with Crippen LogP contribution in [0.4, 0.5) is 0 Å². The Morgan fingerprint density at radius 3 is 0.892 bits per heavy atom. The second-order valence-electron chi connectivity index (χ2n) is 21.3. The van der Waals surface area contributed by atoms with Crippen LogP contribution >= 0.6 is 45.2 Å². The minimum absolute atomic E-state index is 0.0121. The number of benzene rings is 4. The van der Waals surface area contributed by atoms with Crippen LogP contribution in [0.2, 0.25) is 0 Å². The molecule has 4 aromatic rings. The van der Waals surface area contributed by atoms with Crippen molar-refractivity contribution in [2.75, 3.05) is 0 Å². The van der Waals surface area contributed by atoms with Gasteiger partial charge >= 0.3 is 0 Å². The molecule has 4 aromatic carbocycles. The molecule has 7 rings (SSSR count). The van der Waals surface area contributed by atoms with Gasteiger partial charge in [0.2, 0.25) is 0 Å². The summed E-state index contributed by atoms with van der Waals surface area (Å²) in [5.74, 6) is 0. The van der Waals surface area contributed by atoms with Gasteiger partial charge in [-0.3, -0.25) is 0 Å². The Labute approximate surface area is 426 Å². The summed E-state index contributed by atoms with van der Waals surface area (Å²) in [5.41, 5.74) is 20.5. The molecule has 0 saturated heterocycles. The lowest BCUT2D eigenvalue weighted by atomic mass is 9.63. The van der Waals surface area contributed by atoms with E-state index in [1.165, 1.54) is 200 Å². The van der Waals surface area contributed by atoms with E-state index in [9.17, 15) is 0 Å². The quantitative estimate of drug-likeness (QED) is 0.0361. The van der Waals surface area contributed by atoms with Crippen molar-refractivity contribution in [3.05, 3.63) is 101 Å². The highest BCUT2D eigenvalue weighted by molar-refractivity contribution is 14.1. The Balaban J connectivity index is 1.68. The fourth-order valence-electron chi connectivity index (χ4n) is 13.8. The van der Waals surface area contributed by atoms with Crippen LogP contribution in [0.15, 0.2) is 60.7 Å². The molecule has 0 N–H and O–H groups in total. The van der Waals surface area contributed by atoms with Crippen LogP contribution in [0.1, 0.15) is 268 Å². The summed E-state index contributed by atoms with van der Waals surface area (Å²) in [7, 11) is 0. The molecule has 2 heteroatoms. The monoisotopic (exact) mass is 1100 g/mol. The Morgan fingerprint density at radius 2 is 0.585 bits per heavy atom. The Hall–Kier alpha value is -1.66. The largest absolute Gasteiger partial charge is 0.0654 e. The highest BCUT2D eigenvalue weighted by Crippen LogP contribution is 2.71. The van der Waals surface area contributed by atoms with Gasteiger partial charge < -0.3 is 0 Å². The number of rotatable bonds is 30. The second kappa shape index (κ2) is 24.3. The third-order valence-corrected chi connectivity index (χ3v) is 18.3. The molecular formula is C63H88I2. The molecule has 0 radical (unpaired) electrons. The standard InChI is InChI=1S/C63H88I2/c1-7-13-19-27-39-61(40-28-20-14-8-2)52-34-26-25-33-49(52)55-58(61)56-50-37-35-47(64)45-53(50)63(43-31-23-17-11-5,44-32-24-18-12-6)60(56)57-51-38-36-48(65)46-54(51)62(59(55)57,41-29-21-15-9-3)42-30-22-16-10-4/h25-26,33-38,45-46H,7-24,27-32,39-44H2,1-6H3. The maximum Gasteiger partial charge on any atom is 0.0222 e. The first kappa shape index (κ1) is 51.2. The van der Waals surface area contributed by atoms with Gasteiger partial charge in [-0.25, -0.2) is 0 Å². The van der Waals surface area contributed by atoms with Crippen molar-refractivity contribution in [1.29, 1.82) is 0 Å². The van der Waals surface area contributed by atoms with E-state index < -0.39 is 0 Å². The van der Waals surface area contributed by atoms with E-state index >= 15 is 0 Å². The summed E-state index contributed by atoms with van der Waals surface area (Å²) < 4.78 is 2.83. The van der Waals surface area contributed by atoms with Crippen LogP contribution in [0.3, 0.4) is 0 Å². The maximum atomic E-state index is 2.72. The van der Waals surface area contributed by atoms with Crippen LogP contribution in [-0.4, -0.2) is 0 Å². The van der Waals surface area contributed by atoms with E-state index in [1.54, 1.807) is 55.6 Å². The summed E-state index contributed by atoms with van der Waals surface area (Å²) in [6.07, 6.45) is 39.4. The van der Waals surface area contributed by atoms with E-state index in [1.807, 2.05) is 11.1 Å². The minimum atomic E-state index is 0.0121. The second-order valence-corrected chi connectivity index (χ2v) is 23.8. The Kier molecular flexibility index (Phi) is 19.1. The van der Waals surface area contributed by atoms with Gasteiger partial charge in [0.25, 0.3) is 0 Å². The zero-order chi connectivity index (χ0) is 45.9. The highest BCUT2D eigenvalue weighted by atomic mass is 127. The Bertz CT molecular complexity index is 2110. The van der Waals surface area contributed by atoms with E-state index in [0.29, 0.717) is 0 Å². The topological polar surface area (TPSA) is 0 Å². The van der Waals surface area contributed by atoms with E-state index in [-0.39, 0.29) is 16.2 Å². The first-order chi connectivity index (χ1) is 31.8. The molecule has 0 aliphatic heterocycles. The Morgan fingerprint density at radius 1 is 0.308 bits per heavy atom. The van der Waals surface area contributed by atoms with Crippen molar-refractivity contribution in [2.45, 2.75) is 250 Å². The molecule has 0 aromatic heterocycles. The van der Waals surface area contributed by atoms with Gasteiger partial charge in [0.15, 0.2) is 0 Å². The number of fused-ring (bicyclic) bond motifs is 12. The van der Waals surface area contributed by atoms with Crippen LogP contribution in [0.25, 0.3) is 33.4 Å². The van der Waals surface area contributed by atoms with Crippen molar-refractivity contribution < 1.29 is 0 Å². The highest BCUT2D eigenvalue weighted by Gasteiger charge is 2.57. The van der Waals surface area contributed by atoms with Gasteiger partial charge in [0.1, 0.15) is 0 Å². The first-order valence-electron chi connectivity index (χ1n) is 27.8. The molecule has 0 spiro atoms. The smallest absolute Gasteiger partial charge is 0.0222 e. The summed E-state index contributed by atoms with van der Waals surface area (Å²) in [6.45, 7) is 14.4. The van der Waals surface area contributed by atoms with E-state index in [4.69, 9.17) is 0 Å². The van der Waals surface area contributed by atoms with Crippen molar-refractivity contribution in [1.82, 2.24) is 0 Å². The summed E-state index contributed by atoms with van der Waals surface area (Å²) in [4.78, 5) is 0. The SMILES string of the molecule is CCCCCCC1(CCCCCC)c2ccccc2-c2c1c1c(c3c2C(CCCCCC)(CCCCCC)c2cc(I)ccc2-3)C(CCCCCC)(CCCCCC)c2cc(I)ccc2-1. The number of hydrogen-bond donors (Lipinski definition) is 0. The molecular weight excluding hydrogens is 1010 g/mol. The number of halogens is 2. The molecule has 0 atom stereocenters. The molecule has 0 heterocycles. The van der Waals surface area contributed by atoms with Gasteiger partial charge in [-0.2, -0.15) is 0 Å². The molecule has 3 aliphatic rings. The van der Waals surface area contributed by atoms with Gasteiger partial charge in [-0.05, 0) is 175 Å². The summed E-state index contributed by atoms with van der Waals surface area (Å²) in [5, 5.41) is 0. The summed E-state index contributed by atoms with van der Waals surface area (Å²) >= 11 is 5.35. The molecule has 0 nitrogen and oxygen atoms in total.